The van der Waals surface area contributed by atoms with Crippen molar-refractivity contribution in [3.05, 3.63) is 22.1 Å². The number of aromatic nitrogens is 2. The molecule has 7 nitrogen and oxygen atoms in total. The van der Waals surface area contributed by atoms with Crippen LogP contribution >= 0.6 is 11.8 Å². The Bertz CT molecular complexity index is 648. The van der Waals surface area contributed by atoms with E-state index in [0.29, 0.717) is 11.7 Å². The van der Waals surface area contributed by atoms with Crippen LogP contribution in [0.25, 0.3) is 0 Å². The number of aliphatic carboxylic acids is 1. The Morgan fingerprint density at radius 3 is 2.71 bits per heavy atom. The van der Waals surface area contributed by atoms with Crippen LogP contribution in [0.5, 0.6) is 0 Å². The average Bonchev–Trinajstić information content (AvgIpc) is 2.83. The van der Waals surface area contributed by atoms with Gasteiger partial charge in [-0.2, -0.15) is 0 Å². The molecule has 0 spiro atoms. The number of amides is 1. The van der Waals surface area contributed by atoms with Crippen molar-refractivity contribution in [1.82, 2.24) is 14.9 Å². The third kappa shape index (κ3) is 3.10. The third-order valence-electron chi connectivity index (χ3n) is 3.19. The van der Waals surface area contributed by atoms with Crippen molar-refractivity contribution in [1.29, 1.82) is 0 Å². The number of hydrogen-bond donors (Lipinski definition) is 2. The van der Waals surface area contributed by atoms with Crippen molar-refractivity contribution in [3.63, 3.8) is 0 Å². The van der Waals surface area contributed by atoms with Gasteiger partial charge in [-0.3, -0.25) is 14.2 Å². The maximum atomic E-state index is 12.2. The van der Waals surface area contributed by atoms with E-state index in [9.17, 15) is 19.5 Å². The minimum Gasteiger partial charge on any atom is -0.480 e. The number of carboxylic acids is 1. The predicted octanol–water partition coefficient (Wildman–Crippen LogP) is 0.578. The second-order valence-electron chi connectivity index (χ2n) is 5.87. The van der Waals surface area contributed by atoms with Crippen LogP contribution in [0.1, 0.15) is 31.1 Å². The Morgan fingerprint density at radius 1 is 1.48 bits per heavy atom. The second-order valence-corrected chi connectivity index (χ2v) is 6.93. The molecule has 0 radical (unpaired) electrons. The first-order valence-electron chi connectivity index (χ1n) is 6.48. The molecule has 114 valence electrons. The number of fused-ring (bicyclic) bond motifs is 1. The van der Waals surface area contributed by atoms with Gasteiger partial charge < -0.3 is 10.4 Å². The summed E-state index contributed by atoms with van der Waals surface area (Å²) in [4.78, 5) is 39.7. The molecule has 1 aromatic heterocycles. The highest BCUT2D eigenvalue weighted by Gasteiger charge is 2.33. The van der Waals surface area contributed by atoms with Gasteiger partial charge in [0.1, 0.15) is 11.6 Å². The van der Waals surface area contributed by atoms with Gasteiger partial charge in [-0.15, -0.1) is 0 Å². The third-order valence-corrected chi connectivity index (χ3v) is 4.16. The van der Waals surface area contributed by atoms with Crippen LogP contribution in [0.2, 0.25) is 0 Å². The monoisotopic (exact) mass is 311 g/mol. The maximum Gasteiger partial charge on any atom is 0.326 e. The van der Waals surface area contributed by atoms with Crippen molar-refractivity contribution in [2.24, 2.45) is 5.41 Å². The zero-order chi connectivity index (χ0) is 15.8. The van der Waals surface area contributed by atoms with E-state index in [1.54, 1.807) is 20.8 Å². The largest absolute Gasteiger partial charge is 0.480 e. The highest BCUT2D eigenvalue weighted by Crippen LogP contribution is 2.21. The fourth-order valence-electron chi connectivity index (χ4n) is 2.03. The molecule has 21 heavy (non-hydrogen) atoms. The summed E-state index contributed by atoms with van der Waals surface area (Å²) in [5.41, 5.74) is -1.23. The molecule has 8 heteroatoms. The van der Waals surface area contributed by atoms with Crippen LogP contribution in [0.3, 0.4) is 0 Å². The van der Waals surface area contributed by atoms with Crippen LogP contribution < -0.4 is 10.9 Å². The fourth-order valence-corrected chi connectivity index (χ4v) is 2.94. The molecule has 1 aromatic rings. The van der Waals surface area contributed by atoms with Gasteiger partial charge in [-0.1, -0.05) is 32.5 Å². The van der Waals surface area contributed by atoms with E-state index in [2.05, 4.69) is 10.3 Å². The van der Waals surface area contributed by atoms with Gasteiger partial charge in [0.2, 0.25) is 0 Å². The van der Waals surface area contributed by atoms with Crippen molar-refractivity contribution in [2.45, 2.75) is 38.5 Å². The SMILES string of the molecule is CC(C)(C)[C@H](NC(=O)c1cnc2n(c1=O)CCS2)C(=O)O. The molecule has 2 N–H and O–H groups in total. The van der Waals surface area contributed by atoms with E-state index in [0.717, 1.165) is 5.75 Å². The number of carbonyl (C=O) groups excluding carboxylic acids is 1. The zero-order valence-corrected chi connectivity index (χ0v) is 12.9. The standard InChI is InChI=1S/C13H17N3O4S/c1-13(2,3)8(11(19)20)15-9(17)7-6-14-12-16(10(7)18)4-5-21-12/h6,8H,4-5H2,1-3H3,(H,15,17)(H,19,20)/t8-/m1/s1. The number of hydrogen-bond acceptors (Lipinski definition) is 5. The van der Waals surface area contributed by atoms with Crippen LogP contribution in [-0.2, 0) is 11.3 Å². The summed E-state index contributed by atoms with van der Waals surface area (Å²) in [7, 11) is 0. The molecule has 0 saturated carbocycles. The summed E-state index contributed by atoms with van der Waals surface area (Å²) in [6.45, 7) is 5.62. The quantitative estimate of drug-likeness (QED) is 0.792. The lowest BCUT2D eigenvalue weighted by atomic mass is 9.86. The van der Waals surface area contributed by atoms with Crippen molar-refractivity contribution < 1.29 is 14.7 Å². The van der Waals surface area contributed by atoms with Gasteiger partial charge in [0.05, 0.1) is 0 Å². The van der Waals surface area contributed by atoms with E-state index in [4.69, 9.17) is 0 Å². The first-order chi connectivity index (χ1) is 9.71. The molecule has 0 aliphatic carbocycles. The second kappa shape index (κ2) is 5.51. The molecule has 1 aliphatic heterocycles. The summed E-state index contributed by atoms with van der Waals surface area (Å²) in [6.07, 6.45) is 1.21. The minimum atomic E-state index is -1.14. The molecule has 0 bridgehead atoms. The zero-order valence-electron chi connectivity index (χ0n) is 12.0. The number of rotatable bonds is 3. The molecule has 1 aliphatic rings. The maximum absolute atomic E-state index is 12.2. The minimum absolute atomic E-state index is 0.128. The van der Waals surface area contributed by atoms with E-state index >= 15 is 0 Å². The molecular weight excluding hydrogens is 294 g/mol. The van der Waals surface area contributed by atoms with Gasteiger partial charge in [-0.05, 0) is 5.41 Å². The van der Waals surface area contributed by atoms with E-state index in [-0.39, 0.29) is 5.56 Å². The molecule has 1 atom stereocenters. The number of carboxylic acid groups (broad SMARTS) is 1. The summed E-state index contributed by atoms with van der Waals surface area (Å²) < 4.78 is 1.44. The Hall–Kier alpha value is -1.83. The highest BCUT2D eigenvalue weighted by molar-refractivity contribution is 7.99. The molecule has 0 fully saturated rings. The Morgan fingerprint density at radius 2 is 2.14 bits per heavy atom. The van der Waals surface area contributed by atoms with Crippen LogP contribution in [-0.4, -0.2) is 38.3 Å². The summed E-state index contributed by atoms with van der Waals surface area (Å²) in [5, 5.41) is 12.2. The molecule has 0 aromatic carbocycles. The summed E-state index contributed by atoms with van der Waals surface area (Å²) in [6, 6.07) is -1.09. The fraction of sp³-hybridized carbons (Fsp3) is 0.538. The predicted molar refractivity (Wildman–Crippen MR) is 77.6 cm³/mol. The number of thioether (sulfide) groups is 1. The van der Waals surface area contributed by atoms with Crippen molar-refractivity contribution in [3.8, 4) is 0 Å². The van der Waals surface area contributed by atoms with Crippen LogP contribution in [0, 0.1) is 5.41 Å². The van der Waals surface area contributed by atoms with Gasteiger partial charge in [0.25, 0.3) is 11.5 Å². The molecule has 1 amide bonds. The average molecular weight is 311 g/mol. The normalized spacial score (nSPS) is 15.4. The van der Waals surface area contributed by atoms with E-state index in [1.165, 1.54) is 22.5 Å². The number of nitrogens with zero attached hydrogens (tertiary/aromatic N) is 2. The lowest BCUT2D eigenvalue weighted by molar-refractivity contribution is -0.142. The number of nitrogens with one attached hydrogen (secondary N) is 1. The lowest BCUT2D eigenvalue weighted by Crippen LogP contribution is -2.50. The Balaban J connectivity index is 2.29. The lowest BCUT2D eigenvalue weighted by Gasteiger charge is -2.27. The molecule has 2 heterocycles. The van der Waals surface area contributed by atoms with Crippen molar-refractivity contribution in [2.75, 3.05) is 5.75 Å². The van der Waals surface area contributed by atoms with Crippen LogP contribution in [0.4, 0.5) is 0 Å². The first kappa shape index (κ1) is 15.6. The summed E-state index contributed by atoms with van der Waals surface area (Å²) in [5.74, 6) is -1.10. The van der Waals surface area contributed by atoms with Crippen LogP contribution in [0.15, 0.2) is 16.1 Å². The Labute approximate surface area is 125 Å². The van der Waals surface area contributed by atoms with Crippen molar-refractivity contribution >= 4 is 23.6 Å². The van der Waals surface area contributed by atoms with E-state index in [1.807, 2.05) is 0 Å². The van der Waals surface area contributed by atoms with Gasteiger partial charge in [-0.25, -0.2) is 9.78 Å². The van der Waals surface area contributed by atoms with Gasteiger partial charge in [0, 0.05) is 18.5 Å². The Kier molecular flexibility index (Phi) is 4.08. The van der Waals surface area contributed by atoms with E-state index < -0.39 is 28.9 Å². The molecule has 2 rings (SSSR count). The topological polar surface area (TPSA) is 101 Å². The molecule has 0 unspecified atom stereocenters. The smallest absolute Gasteiger partial charge is 0.326 e. The first-order valence-corrected chi connectivity index (χ1v) is 7.46. The van der Waals surface area contributed by atoms with Gasteiger partial charge in [0.15, 0.2) is 5.16 Å². The number of carbonyl (C=O) groups is 2. The summed E-state index contributed by atoms with van der Waals surface area (Å²) >= 11 is 1.45. The highest BCUT2D eigenvalue weighted by atomic mass is 32.2. The van der Waals surface area contributed by atoms with Gasteiger partial charge >= 0.3 is 5.97 Å². The molecular formula is C13H17N3O4S. The molecule has 0 saturated heterocycles.